The molecular formula is C18H22N2. The van der Waals surface area contributed by atoms with E-state index in [0.717, 1.165) is 41.8 Å². The van der Waals surface area contributed by atoms with Crippen LogP contribution < -0.4 is 5.32 Å². The zero-order chi connectivity index (χ0) is 13.5. The Kier molecular flexibility index (Phi) is 3.04. The molecule has 4 fully saturated rings. The summed E-state index contributed by atoms with van der Waals surface area (Å²) < 4.78 is 0. The van der Waals surface area contributed by atoms with E-state index < -0.39 is 0 Å². The lowest BCUT2D eigenvalue weighted by Crippen LogP contribution is -2.54. The summed E-state index contributed by atoms with van der Waals surface area (Å²) in [4.78, 5) is 0. The molecule has 0 heterocycles. The average Bonchev–Trinajstić information content (AvgIpc) is 2.46. The van der Waals surface area contributed by atoms with Crippen LogP contribution in [0.3, 0.4) is 0 Å². The van der Waals surface area contributed by atoms with Crippen LogP contribution in [0.1, 0.15) is 43.2 Å². The van der Waals surface area contributed by atoms with Crippen LogP contribution in [0.4, 0.5) is 0 Å². The van der Waals surface area contributed by atoms with Crippen molar-refractivity contribution >= 4 is 0 Å². The average molecular weight is 266 g/mol. The third-order valence-corrected chi connectivity index (χ3v) is 5.85. The highest BCUT2D eigenvalue weighted by Crippen LogP contribution is 2.53. The van der Waals surface area contributed by atoms with E-state index in [-0.39, 0.29) is 0 Å². The van der Waals surface area contributed by atoms with Gasteiger partial charge in [0.05, 0.1) is 11.6 Å². The van der Waals surface area contributed by atoms with Gasteiger partial charge >= 0.3 is 0 Å². The van der Waals surface area contributed by atoms with Gasteiger partial charge in [-0.25, -0.2) is 0 Å². The molecule has 2 heteroatoms. The van der Waals surface area contributed by atoms with E-state index in [2.05, 4.69) is 23.5 Å². The molecule has 4 aliphatic rings. The van der Waals surface area contributed by atoms with Gasteiger partial charge in [0.2, 0.25) is 0 Å². The number of nitriles is 1. The molecule has 4 aliphatic carbocycles. The fourth-order valence-electron chi connectivity index (χ4n) is 5.19. The van der Waals surface area contributed by atoms with E-state index in [9.17, 15) is 0 Å². The summed E-state index contributed by atoms with van der Waals surface area (Å²) in [7, 11) is 0. The SMILES string of the molecule is N#Cc1ccc(CNC2C3CC4CC(C3)CC2C4)cc1. The van der Waals surface area contributed by atoms with Crippen LogP contribution in [0.2, 0.25) is 0 Å². The zero-order valence-electron chi connectivity index (χ0n) is 11.9. The fraction of sp³-hybridized carbons (Fsp3) is 0.611. The Labute approximate surface area is 121 Å². The lowest BCUT2D eigenvalue weighted by molar-refractivity contribution is -0.0142. The molecule has 104 valence electrons. The molecule has 1 N–H and O–H groups in total. The van der Waals surface area contributed by atoms with Crippen LogP contribution in [0, 0.1) is 35.0 Å². The molecule has 0 radical (unpaired) electrons. The predicted octanol–water partition coefficient (Wildman–Crippen LogP) is 3.47. The Balaban J connectivity index is 1.41. The van der Waals surface area contributed by atoms with Crippen molar-refractivity contribution < 1.29 is 0 Å². The maximum Gasteiger partial charge on any atom is 0.0991 e. The van der Waals surface area contributed by atoms with Gasteiger partial charge in [-0.3, -0.25) is 0 Å². The Bertz CT molecular complexity index is 497. The molecule has 0 aromatic heterocycles. The van der Waals surface area contributed by atoms with Gasteiger partial charge in [-0.15, -0.1) is 0 Å². The largest absolute Gasteiger partial charge is 0.309 e. The minimum atomic E-state index is 0.749. The van der Waals surface area contributed by atoms with Crippen molar-refractivity contribution in [1.29, 1.82) is 5.26 Å². The van der Waals surface area contributed by atoms with Gasteiger partial charge in [0.15, 0.2) is 0 Å². The molecule has 0 unspecified atom stereocenters. The molecule has 0 amide bonds. The second-order valence-electron chi connectivity index (χ2n) is 7.15. The van der Waals surface area contributed by atoms with Crippen molar-refractivity contribution in [2.24, 2.45) is 23.7 Å². The lowest BCUT2D eigenvalue weighted by Gasteiger charge is -2.54. The smallest absolute Gasteiger partial charge is 0.0991 e. The second-order valence-corrected chi connectivity index (χ2v) is 7.15. The molecule has 1 aromatic carbocycles. The van der Waals surface area contributed by atoms with Crippen molar-refractivity contribution in [2.75, 3.05) is 0 Å². The Morgan fingerprint density at radius 2 is 1.55 bits per heavy atom. The second kappa shape index (κ2) is 4.90. The number of nitrogens with zero attached hydrogens (tertiary/aromatic N) is 1. The number of hydrogen-bond donors (Lipinski definition) is 1. The fourth-order valence-corrected chi connectivity index (χ4v) is 5.19. The zero-order valence-corrected chi connectivity index (χ0v) is 11.9. The minimum absolute atomic E-state index is 0.749. The third kappa shape index (κ3) is 2.15. The summed E-state index contributed by atoms with van der Waals surface area (Å²) in [5, 5.41) is 12.7. The Morgan fingerprint density at radius 3 is 2.10 bits per heavy atom. The standard InChI is InChI=1S/C18H22N2/c19-10-12-1-3-13(4-2-12)11-20-18-16-6-14-5-15(8-16)9-17(18)7-14/h1-4,14-18,20H,5-9,11H2. The van der Waals surface area contributed by atoms with E-state index in [1.165, 1.54) is 37.7 Å². The van der Waals surface area contributed by atoms with Crippen LogP contribution >= 0.6 is 0 Å². The van der Waals surface area contributed by atoms with Gasteiger partial charge in [-0.2, -0.15) is 5.26 Å². The number of hydrogen-bond acceptors (Lipinski definition) is 2. The summed E-state index contributed by atoms with van der Waals surface area (Å²) in [5.74, 6) is 3.96. The highest BCUT2D eigenvalue weighted by molar-refractivity contribution is 5.31. The molecule has 0 atom stereocenters. The highest BCUT2D eigenvalue weighted by atomic mass is 14.9. The summed E-state index contributed by atoms with van der Waals surface area (Å²) >= 11 is 0. The first-order chi connectivity index (χ1) is 9.81. The van der Waals surface area contributed by atoms with Crippen LogP contribution in [0.25, 0.3) is 0 Å². The third-order valence-electron chi connectivity index (χ3n) is 5.85. The van der Waals surface area contributed by atoms with Crippen LogP contribution in [-0.2, 0) is 6.54 Å². The molecule has 4 saturated carbocycles. The van der Waals surface area contributed by atoms with Crippen LogP contribution in [-0.4, -0.2) is 6.04 Å². The van der Waals surface area contributed by atoms with Crippen LogP contribution in [0.5, 0.6) is 0 Å². The van der Waals surface area contributed by atoms with Gasteiger partial charge < -0.3 is 5.32 Å². The van der Waals surface area contributed by atoms with E-state index in [1.807, 2.05) is 12.1 Å². The monoisotopic (exact) mass is 266 g/mol. The number of benzene rings is 1. The maximum absolute atomic E-state index is 8.83. The molecule has 0 saturated heterocycles. The van der Waals surface area contributed by atoms with E-state index in [4.69, 9.17) is 5.26 Å². The molecular weight excluding hydrogens is 244 g/mol. The van der Waals surface area contributed by atoms with Gasteiger partial charge in [0, 0.05) is 12.6 Å². The van der Waals surface area contributed by atoms with Gasteiger partial charge in [0.1, 0.15) is 0 Å². The van der Waals surface area contributed by atoms with Crippen LogP contribution in [0.15, 0.2) is 24.3 Å². The lowest BCUT2D eigenvalue weighted by atomic mass is 9.54. The molecule has 1 aromatic rings. The summed E-state index contributed by atoms with van der Waals surface area (Å²) in [6, 6.07) is 10.9. The normalized spacial score (nSPS) is 37.9. The Hall–Kier alpha value is -1.33. The van der Waals surface area contributed by atoms with Crippen molar-refractivity contribution in [3.8, 4) is 6.07 Å². The predicted molar refractivity (Wildman–Crippen MR) is 78.8 cm³/mol. The molecule has 0 aliphatic heterocycles. The molecule has 2 nitrogen and oxygen atoms in total. The summed E-state index contributed by atoms with van der Waals surface area (Å²) in [6.45, 7) is 0.957. The minimum Gasteiger partial charge on any atom is -0.309 e. The molecule has 0 spiro atoms. The van der Waals surface area contributed by atoms with Gasteiger partial charge in [-0.05, 0) is 73.5 Å². The first-order valence-corrected chi connectivity index (χ1v) is 8.04. The molecule has 5 rings (SSSR count). The van der Waals surface area contributed by atoms with Crippen molar-refractivity contribution in [3.05, 3.63) is 35.4 Å². The first kappa shape index (κ1) is 12.4. The maximum atomic E-state index is 8.83. The topological polar surface area (TPSA) is 35.8 Å². The van der Waals surface area contributed by atoms with E-state index in [0.29, 0.717) is 0 Å². The first-order valence-electron chi connectivity index (χ1n) is 8.04. The molecule has 4 bridgehead atoms. The summed E-state index contributed by atoms with van der Waals surface area (Å²) in [6.07, 6.45) is 7.40. The number of rotatable bonds is 3. The van der Waals surface area contributed by atoms with Crippen molar-refractivity contribution in [2.45, 2.75) is 44.7 Å². The van der Waals surface area contributed by atoms with Crippen molar-refractivity contribution in [3.63, 3.8) is 0 Å². The van der Waals surface area contributed by atoms with E-state index >= 15 is 0 Å². The highest BCUT2D eigenvalue weighted by Gasteiger charge is 2.47. The van der Waals surface area contributed by atoms with Gasteiger partial charge in [-0.1, -0.05) is 12.1 Å². The Morgan fingerprint density at radius 1 is 0.950 bits per heavy atom. The van der Waals surface area contributed by atoms with Crippen molar-refractivity contribution in [1.82, 2.24) is 5.32 Å². The van der Waals surface area contributed by atoms with Gasteiger partial charge in [0.25, 0.3) is 0 Å². The summed E-state index contributed by atoms with van der Waals surface area (Å²) in [5.41, 5.74) is 2.06. The van der Waals surface area contributed by atoms with E-state index in [1.54, 1.807) is 0 Å². The number of nitrogens with one attached hydrogen (secondary N) is 1. The quantitative estimate of drug-likeness (QED) is 0.909. The molecule has 20 heavy (non-hydrogen) atoms.